The molecule has 3 aliphatic rings. The van der Waals surface area contributed by atoms with E-state index in [2.05, 4.69) is 16.0 Å². The summed E-state index contributed by atoms with van der Waals surface area (Å²) >= 11 is 0. The highest BCUT2D eigenvalue weighted by Crippen LogP contribution is 2.51. The van der Waals surface area contributed by atoms with Gasteiger partial charge < -0.3 is 9.64 Å². The molecule has 4 heteroatoms. The summed E-state index contributed by atoms with van der Waals surface area (Å²) in [5.74, 6) is 1.96. The first-order chi connectivity index (χ1) is 11.3. The van der Waals surface area contributed by atoms with Crippen molar-refractivity contribution in [1.29, 1.82) is 5.26 Å². The fourth-order valence-corrected chi connectivity index (χ4v) is 4.98. The van der Waals surface area contributed by atoms with Crippen LogP contribution in [0.5, 0.6) is 0 Å². The number of pyridine rings is 1. The molecule has 0 spiro atoms. The van der Waals surface area contributed by atoms with Gasteiger partial charge in [0.1, 0.15) is 11.7 Å². The van der Waals surface area contributed by atoms with Crippen LogP contribution in [0.15, 0.2) is 18.5 Å². The summed E-state index contributed by atoms with van der Waals surface area (Å²) in [7, 11) is 1.85. The van der Waals surface area contributed by atoms with E-state index in [1.807, 2.05) is 19.4 Å². The highest BCUT2D eigenvalue weighted by molar-refractivity contribution is 5.34. The molecule has 2 saturated carbocycles. The molecule has 3 fully saturated rings. The summed E-state index contributed by atoms with van der Waals surface area (Å²) in [5, 5.41) is 9.23. The third kappa shape index (κ3) is 2.56. The van der Waals surface area contributed by atoms with E-state index in [1.165, 1.54) is 38.6 Å². The highest BCUT2D eigenvalue weighted by atomic mass is 16.5. The predicted molar refractivity (Wildman–Crippen MR) is 87.6 cm³/mol. The minimum atomic E-state index is -0.252. The lowest BCUT2D eigenvalue weighted by atomic mass is 9.62. The first kappa shape index (κ1) is 15.1. The van der Waals surface area contributed by atoms with Crippen molar-refractivity contribution in [2.45, 2.75) is 37.7 Å². The predicted octanol–water partition coefficient (Wildman–Crippen LogP) is 2.94. The van der Waals surface area contributed by atoms with Crippen LogP contribution >= 0.6 is 0 Å². The fraction of sp³-hybridized carbons (Fsp3) is 0.684. The molecule has 2 bridgehead atoms. The molecule has 0 unspecified atom stereocenters. The van der Waals surface area contributed by atoms with Crippen LogP contribution in [-0.4, -0.2) is 36.6 Å². The molecule has 2 aliphatic carbocycles. The average molecular weight is 311 g/mol. The van der Waals surface area contributed by atoms with E-state index < -0.39 is 0 Å². The van der Waals surface area contributed by atoms with Crippen molar-refractivity contribution >= 4 is 0 Å². The minimum absolute atomic E-state index is 0.252. The first-order valence-corrected chi connectivity index (χ1v) is 8.89. The summed E-state index contributed by atoms with van der Waals surface area (Å²) < 4.78 is 6.22. The zero-order valence-corrected chi connectivity index (χ0v) is 13.9. The Bertz CT molecular complexity index is 605. The number of aromatic nitrogens is 1. The Labute approximate surface area is 138 Å². The molecule has 4 rings (SSSR count). The zero-order chi connectivity index (χ0) is 15.9. The molecular weight excluding hydrogens is 286 g/mol. The van der Waals surface area contributed by atoms with Crippen molar-refractivity contribution in [2.75, 3.05) is 26.7 Å². The maximum absolute atomic E-state index is 9.23. The zero-order valence-electron chi connectivity index (χ0n) is 13.9. The second kappa shape index (κ2) is 5.89. The van der Waals surface area contributed by atoms with Crippen LogP contribution in [0.25, 0.3) is 0 Å². The number of nitrogens with zero attached hydrogens (tertiary/aromatic N) is 3. The topological polar surface area (TPSA) is 49.1 Å². The van der Waals surface area contributed by atoms with Gasteiger partial charge in [0.25, 0.3) is 0 Å². The van der Waals surface area contributed by atoms with Crippen molar-refractivity contribution in [3.63, 3.8) is 0 Å². The largest absolute Gasteiger partial charge is 0.373 e. The van der Waals surface area contributed by atoms with E-state index in [0.717, 1.165) is 24.6 Å². The van der Waals surface area contributed by atoms with Crippen LogP contribution in [0.1, 0.15) is 43.2 Å². The van der Waals surface area contributed by atoms with Gasteiger partial charge in [-0.3, -0.25) is 4.98 Å². The number of likely N-dealkylation sites (tertiary alicyclic amines) is 1. The van der Waals surface area contributed by atoms with Gasteiger partial charge in [0, 0.05) is 56.5 Å². The van der Waals surface area contributed by atoms with Gasteiger partial charge in [-0.1, -0.05) is 6.42 Å². The number of methoxy groups -OCH3 is 1. The Morgan fingerprint density at radius 1 is 1.26 bits per heavy atom. The van der Waals surface area contributed by atoms with E-state index in [0.29, 0.717) is 17.4 Å². The first-order valence-electron chi connectivity index (χ1n) is 8.89. The number of rotatable bonds is 4. The Morgan fingerprint density at radius 3 is 2.61 bits per heavy atom. The normalized spacial score (nSPS) is 34.1. The molecule has 0 N–H and O–H groups in total. The lowest BCUT2D eigenvalue weighted by Gasteiger charge is -2.55. The molecule has 1 aliphatic heterocycles. The van der Waals surface area contributed by atoms with Gasteiger partial charge in [-0.15, -0.1) is 0 Å². The molecule has 0 amide bonds. The van der Waals surface area contributed by atoms with Crippen molar-refractivity contribution in [2.24, 2.45) is 17.8 Å². The van der Waals surface area contributed by atoms with E-state index in [9.17, 15) is 5.26 Å². The molecule has 0 radical (unpaired) electrons. The summed E-state index contributed by atoms with van der Waals surface area (Å²) in [5.41, 5.74) is 1.50. The minimum Gasteiger partial charge on any atom is -0.373 e. The van der Waals surface area contributed by atoms with Crippen molar-refractivity contribution in [3.05, 3.63) is 29.6 Å². The third-order valence-electron chi connectivity index (χ3n) is 6.14. The molecule has 0 aromatic carbocycles. The van der Waals surface area contributed by atoms with Crippen LogP contribution in [0.2, 0.25) is 0 Å². The van der Waals surface area contributed by atoms with Gasteiger partial charge in [0.05, 0.1) is 5.56 Å². The van der Waals surface area contributed by atoms with Gasteiger partial charge in [0.2, 0.25) is 0 Å². The summed E-state index contributed by atoms with van der Waals surface area (Å²) in [6.45, 7) is 3.51. The van der Waals surface area contributed by atoms with Gasteiger partial charge >= 0.3 is 0 Å². The molecule has 122 valence electrons. The molecule has 2 heterocycles. The number of ether oxygens (including phenoxy) is 1. The lowest BCUT2D eigenvalue weighted by molar-refractivity contribution is -0.169. The Balaban J connectivity index is 1.67. The average Bonchev–Trinajstić information content (AvgIpc) is 3.38. The lowest BCUT2D eigenvalue weighted by Crippen LogP contribution is -2.59. The van der Waals surface area contributed by atoms with Crippen LogP contribution in [0, 0.1) is 29.1 Å². The van der Waals surface area contributed by atoms with Gasteiger partial charge in [-0.25, -0.2) is 0 Å². The standard InChI is InChI=1S/C19H25N3O/c1-23-19(18-7-15(8-20)9-21-10-18)16-3-2-4-17(19)13-22(12-16)11-14-5-6-14/h7,9-10,14,16-17H,2-6,11-13H2,1H3/t16-,17+,19-. The Hall–Kier alpha value is -1.44. The molecule has 3 atom stereocenters. The van der Waals surface area contributed by atoms with E-state index in [1.54, 1.807) is 6.20 Å². The van der Waals surface area contributed by atoms with Gasteiger partial charge in [0.15, 0.2) is 0 Å². The van der Waals surface area contributed by atoms with Crippen LogP contribution in [-0.2, 0) is 10.3 Å². The number of hydrogen-bond donors (Lipinski definition) is 0. The maximum Gasteiger partial charge on any atom is 0.102 e. The Kier molecular flexibility index (Phi) is 3.87. The smallest absolute Gasteiger partial charge is 0.102 e. The monoisotopic (exact) mass is 311 g/mol. The summed E-state index contributed by atoms with van der Waals surface area (Å²) in [6, 6.07) is 4.23. The van der Waals surface area contributed by atoms with Crippen molar-refractivity contribution in [3.8, 4) is 6.07 Å². The number of hydrogen-bond acceptors (Lipinski definition) is 4. The SMILES string of the molecule is CO[C@]1(c2cncc(C#N)c2)[C@@H]2CCC[C@H]1CN(CC1CC1)C2. The quantitative estimate of drug-likeness (QED) is 0.858. The second-order valence-corrected chi connectivity index (χ2v) is 7.56. The van der Waals surface area contributed by atoms with Gasteiger partial charge in [-0.05, 0) is 37.7 Å². The maximum atomic E-state index is 9.23. The molecule has 1 aromatic rings. The van der Waals surface area contributed by atoms with E-state index in [-0.39, 0.29) is 5.60 Å². The fourth-order valence-electron chi connectivity index (χ4n) is 4.98. The molecule has 1 aromatic heterocycles. The molecular formula is C19H25N3O. The van der Waals surface area contributed by atoms with Crippen LogP contribution in [0.4, 0.5) is 0 Å². The molecule has 4 nitrogen and oxygen atoms in total. The highest BCUT2D eigenvalue weighted by Gasteiger charge is 2.53. The van der Waals surface area contributed by atoms with E-state index >= 15 is 0 Å². The number of piperidine rings is 1. The summed E-state index contributed by atoms with van der Waals surface area (Å²) in [6.07, 6.45) is 10.1. The molecule has 1 saturated heterocycles. The third-order valence-corrected chi connectivity index (χ3v) is 6.14. The van der Waals surface area contributed by atoms with Crippen molar-refractivity contribution in [1.82, 2.24) is 9.88 Å². The van der Waals surface area contributed by atoms with Crippen LogP contribution in [0.3, 0.4) is 0 Å². The number of nitriles is 1. The van der Waals surface area contributed by atoms with Crippen molar-refractivity contribution < 1.29 is 4.74 Å². The van der Waals surface area contributed by atoms with Crippen LogP contribution < -0.4 is 0 Å². The van der Waals surface area contributed by atoms with Gasteiger partial charge in [-0.2, -0.15) is 5.26 Å². The van der Waals surface area contributed by atoms with E-state index in [4.69, 9.17) is 4.74 Å². The summed E-state index contributed by atoms with van der Waals surface area (Å²) in [4.78, 5) is 6.98. The number of fused-ring (bicyclic) bond motifs is 2. The Morgan fingerprint density at radius 2 is 2.00 bits per heavy atom. The molecule has 23 heavy (non-hydrogen) atoms. The second-order valence-electron chi connectivity index (χ2n) is 7.56.